The molecule has 0 aliphatic heterocycles. The Morgan fingerprint density at radius 3 is 2.49 bits per heavy atom. The van der Waals surface area contributed by atoms with E-state index in [0.29, 0.717) is 47.8 Å². The summed E-state index contributed by atoms with van der Waals surface area (Å²) >= 11 is 1.37. The van der Waals surface area contributed by atoms with E-state index in [2.05, 4.69) is 15.7 Å². The number of thiophene rings is 1. The predicted octanol–water partition coefficient (Wildman–Crippen LogP) is 4.94. The molecule has 0 radical (unpaired) electrons. The van der Waals surface area contributed by atoms with E-state index in [-0.39, 0.29) is 24.6 Å². The number of hydrogen-bond acceptors (Lipinski definition) is 6. The molecule has 210 valence electrons. The number of amides is 2. The fraction of sp³-hybridized carbons (Fsp3) is 0.519. The minimum absolute atomic E-state index is 0.194. The van der Waals surface area contributed by atoms with Gasteiger partial charge in [-0.25, -0.2) is 0 Å². The third-order valence-electron chi connectivity index (χ3n) is 7.08. The van der Waals surface area contributed by atoms with Gasteiger partial charge < -0.3 is 20.0 Å². The topological polar surface area (TPSA) is 92.4 Å². The molecule has 2 aliphatic carbocycles. The number of aromatic nitrogens is 2. The van der Waals surface area contributed by atoms with Gasteiger partial charge in [0, 0.05) is 16.1 Å². The predicted molar refractivity (Wildman–Crippen MR) is 141 cm³/mol. The average molecular weight is 564 g/mol. The zero-order valence-corrected chi connectivity index (χ0v) is 22.9. The maximum absolute atomic E-state index is 13.6. The zero-order valence-electron chi connectivity index (χ0n) is 22.0. The molecular weight excluding hydrogens is 531 g/mol. The SMILES string of the molecule is CN(C)Cc1ccc(CNC(=O)c2c(NC(=O)Cn3nc(C(F)(F)F)c4c3CCCC4)sc3c2CCCC3)o1. The van der Waals surface area contributed by atoms with E-state index in [1.165, 1.54) is 16.0 Å². The van der Waals surface area contributed by atoms with E-state index in [4.69, 9.17) is 4.42 Å². The fourth-order valence-corrected chi connectivity index (χ4v) is 6.70. The van der Waals surface area contributed by atoms with Gasteiger partial charge in [0.1, 0.15) is 23.1 Å². The standard InChI is InChI=1S/C27H32F3N5O3S/c1-34(2)14-17-12-11-16(38-17)13-31-25(37)23-19-8-4-6-10-21(19)39-26(23)32-22(36)15-35-20-9-5-3-7-18(20)24(33-35)27(28,29)30/h11-12H,3-10,13-15H2,1-2H3,(H,31,37)(H,32,36). The molecule has 0 fully saturated rings. The number of carbonyl (C=O) groups excluding carboxylic acids is 2. The lowest BCUT2D eigenvalue weighted by molar-refractivity contribution is -0.142. The first kappa shape index (κ1) is 27.4. The molecule has 0 unspecified atom stereocenters. The summed E-state index contributed by atoms with van der Waals surface area (Å²) in [6.07, 6.45) is 1.13. The second kappa shape index (κ2) is 11.2. The van der Waals surface area contributed by atoms with E-state index in [0.717, 1.165) is 48.3 Å². The quantitative estimate of drug-likeness (QED) is 0.405. The summed E-state index contributed by atoms with van der Waals surface area (Å²) in [5.74, 6) is 0.594. The number of nitrogens with zero attached hydrogens (tertiary/aromatic N) is 3. The summed E-state index contributed by atoms with van der Waals surface area (Å²) in [7, 11) is 3.88. The lowest BCUT2D eigenvalue weighted by Gasteiger charge is -2.15. The van der Waals surface area contributed by atoms with Gasteiger partial charge in [-0.2, -0.15) is 18.3 Å². The fourth-order valence-electron chi connectivity index (χ4n) is 5.40. The Balaban J connectivity index is 1.33. The number of nitrogens with one attached hydrogen (secondary N) is 2. The van der Waals surface area contributed by atoms with Crippen molar-refractivity contribution in [1.29, 1.82) is 0 Å². The Bertz CT molecular complexity index is 1370. The lowest BCUT2D eigenvalue weighted by atomic mass is 9.95. The molecular formula is C27H32F3N5O3S. The molecule has 8 nitrogen and oxygen atoms in total. The van der Waals surface area contributed by atoms with Crippen LogP contribution in [0.25, 0.3) is 0 Å². The minimum Gasteiger partial charge on any atom is -0.463 e. The number of halogens is 3. The van der Waals surface area contributed by atoms with Crippen LogP contribution in [0.2, 0.25) is 0 Å². The summed E-state index contributed by atoms with van der Waals surface area (Å²) in [6, 6.07) is 3.70. The molecule has 3 heterocycles. The van der Waals surface area contributed by atoms with Crippen molar-refractivity contribution in [3.63, 3.8) is 0 Å². The van der Waals surface area contributed by atoms with Crippen LogP contribution in [0.1, 0.15) is 75.0 Å². The van der Waals surface area contributed by atoms with Crippen molar-refractivity contribution in [2.45, 2.75) is 77.2 Å². The van der Waals surface area contributed by atoms with Crippen LogP contribution in [0.15, 0.2) is 16.5 Å². The molecule has 39 heavy (non-hydrogen) atoms. The van der Waals surface area contributed by atoms with Crippen LogP contribution in [0.3, 0.4) is 0 Å². The monoisotopic (exact) mass is 563 g/mol. The summed E-state index contributed by atoms with van der Waals surface area (Å²) < 4.78 is 47.7. The third kappa shape index (κ3) is 6.06. The van der Waals surface area contributed by atoms with Gasteiger partial charge in [0.05, 0.1) is 18.7 Å². The van der Waals surface area contributed by atoms with Crippen LogP contribution in [0, 0.1) is 0 Å². The molecule has 2 amide bonds. The molecule has 0 bridgehead atoms. The summed E-state index contributed by atoms with van der Waals surface area (Å²) in [5, 5.41) is 9.95. The molecule has 2 N–H and O–H groups in total. The largest absolute Gasteiger partial charge is 0.463 e. The van der Waals surface area contributed by atoms with E-state index in [1.54, 1.807) is 0 Å². The summed E-state index contributed by atoms with van der Waals surface area (Å²) in [4.78, 5) is 29.5. The highest BCUT2D eigenvalue weighted by Gasteiger charge is 2.39. The number of anilines is 1. The highest BCUT2D eigenvalue weighted by Crippen LogP contribution is 2.39. The molecule has 3 aromatic rings. The van der Waals surface area contributed by atoms with Crippen LogP contribution in [-0.2, 0) is 56.3 Å². The van der Waals surface area contributed by atoms with Crippen molar-refractivity contribution in [3.05, 3.63) is 56.6 Å². The van der Waals surface area contributed by atoms with Crippen LogP contribution in [0.5, 0.6) is 0 Å². The van der Waals surface area contributed by atoms with Gasteiger partial charge in [-0.1, -0.05) is 0 Å². The van der Waals surface area contributed by atoms with Crippen LogP contribution < -0.4 is 10.6 Å². The zero-order chi connectivity index (χ0) is 27.7. The van der Waals surface area contributed by atoms with Gasteiger partial charge in [-0.3, -0.25) is 14.3 Å². The van der Waals surface area contributed by atoms with Crippen molar-refractivity contribution < 1.29 is 27.2 Å². The van der Waals surface area contributed by atoms with Crippen molar-refractivity contribution in [2.75, 3.05) is 19.4 Å². The molecule has 2 aliphatic rings. The number of furan rings is 1. The first-order valence-corrected chi connectivity index (χ1v) is 14.0. The molecule has 3 aromatic heterocycles. The smallest absolute Gasteiger partial charge is 0.435 e. The van der Waals surface area contributed by atoms with E-state index in [1.807, 2.05) is 31.1 Å². The van der Waals surface area contributed by atoms with Crippen molar-refractivity contribution in [1.82, 2.24) is 20.0 Å². The van der Waals surface area contributed by atoms with Crippen molar-refractivity contribution >= 4 is 28.2 Å². The lowest BCUT2D eigenvalue weighted by Crippen LogP contribution is -2.26. The Morgan fingerprint density at radius 2 is 1.74 bits per heavy atom. The summed E-state index contributed by atoms with van der Waals surface area (Å²) in [6.45, 7) is 0.499. The van der Waals surface area contributed by atoms with Gasteiger partial charge >= 0.3 is 6.18 Å². The number of carbonyl (C=O) groups is 2. The maximum atomic E-state index is 13.6. The molecule has 0 atom stereocenters. The molecule has 0 aromatic carbocycles. The molecule has 0 saturated heterocycles. The van der Waals surface area contributed by atoms with E-state index in [9.17, 15) is 22.8 Å². The Morgan fingerprint density at radius 1 is 1.05 bits per heavy atom. The Labute approximate surface area is 228 Å². The molecule has 12 heteroatoms. The normalized spacial score (nSPS) is 15.2. The maximum Gasteiger partial charge on any atom is 0.435 e. The van der Waals surface area contributed by atoms with E-state index >= 15 is 0 Å². The van der Waals surface area contributed by atoms with Gasteiger partial charge in [0.25, 0.3) is 5.91 Å². The van der Waals surface area contributed by atoms with Gasteiger partial charge in [-0.15, -0.1) is 11.3 Å². The first-order chi connectivity index (χ1) is 18.6. The number of rotatable bonds is 8. The van der Waals surface area contributed by atoms with Gasteiger partial charge in [0.2, 0.25) is 5.91 Å². The molecule has 5 rings (SSSR count). The average Bonchev–Trinajstić information content (AvgIpc) is 3.57. The highest BCUT2D eigenvalue weighted by atomic mass is 32.1. The minimum atomic E-state index is -4.57. The summed E-state index contributed by atoms with van der Waals surface area (Å²) in [5.41, 5.74) is 1.13. The van der Waals surface area contributed by atoms with Crippen LogP contribution in [-0.4, -0.2) is 40.6 Å². The number of aryl methyl sites for hydroxylation is 1. The van der Waals surface area contributed by atoms with Gasteiger partial charge in [0.15, 0.2) is 5.69 Å². The highest BCUT2D eigenvalue weighted by molar-refractivity contribution is 7.17. The second-order valence-electron chi connectivity index (χ2n) is 10.4. The van der Waals surface area contributed by atoms with E-state index < -0.39 is 17.8 Å². The Kier molecular flexibility index (Phi) is 7.86. The van der Waals surface area contributed by atoms with Gasteiger partial charge in [-0.05, 0) is 83.2 Å². The van der Waals surface area contributed by atoms with Crippen molar-refractivity contribution in [3.8, 4) is 0 Å². The third-order valence-corrected chi connectivity index (χ3v) is 8.29. The number of hydrogen-bond donors (Lipinski definition) is 2. The second-order valence-corrected chi connectivity index (χ2v) is 11.5. The number of alkyl halides is 3. The number of fused-ring (bicyclic) bond motifs is 2. The first-order valence-electron chi connectivity index (χ1n) is 13.2. The van der Waals surface area contributed by atoms with Crippen LogP contribution in [0.4, 0.5) is 18.2 Å². The molecule has 0 saturated carbocycles. The Hall–Kier alpha value is -3.12. The molecule has 0 spiro atoms. The van der Waals surface area contributed by atoms with Crippen LogP contribution >= 0.6 is 11.3 Å². The van der Waals surface area contributed by atoms with Crippen molar-refractivity contribution in [2.24, 2.45) is 0 Å².